The van der Waals surface area contributed by atoms with Crippen LogP contribution in [0.25, 0.3) is 55.6 Å². The zero-order chi connectivity index (χ0) is 33.1. The fourth-order valence-corrected chi connectivity index (χ4v) is 7.07. The van der Waals surface area contributed by atoms with Crippen molar-refractivity contribution in [2.24, 2.45) is 0 Å². The van der Waals surface area contributed by atoms with E-state index < -0.39 is 8.07 Å². The maximum absolute atomic E-state index is 6.24. The summed E-state index contributed by atoms with van der Waals surface area (Å²) in [5, 5.41) is 3.62. The quantitative estimate of drug-likeness (QED) is 0.124. The zero-order valence-electron chi connectivity index (χ0n) is 28.8. The molecule has 48 heavy (non-hydrogen) atoms. The van der Waals surface area contributed by atoms with E-state index in [1.807, 2.05) is 60.9 Å². The summed E-state index contributed by atoms with van der Waals surface area (Å²) in [7, 11) is -1.23. The molecule has 3 heterocycles. The van der Waals surface area contributed by atoms with Crippen molar-refractivity contribution < 1.29 is 24.5 Å². The van der Waals surface area contributed by atoms with Gasteiger partial charge in [0.1, 0.15) is 5.58 Å². The molecule has 0 saturated heterocycles. The molecule has 0 N–H and O–H groups in total. The largest absolute Gasteiger partial charge is 0.501 e. The fourth-order valence-electron chi connectivity index (χ4n) is 6.04. The fraction of sp³-hybridized carbons (Fsp3) is 0.209. The molecule has 0 saturated carbocycles. The van der Waals surface area contributed by atoms with Gasteiger partial charge in [-0.25, -0.2) is 0 Å². The molecule has 5 heteroatoms. The van der Waals surface area contributed by atoms with E-state index in [-0.39, 0.29) is 20.1 Å². The Bertz CT molecular complexity index is 2100. The number of aromatic nitrogens is 2. The van der Waals surface area contributed by atoms with Crippen LogP contribution < -0.4 is 5.19 Å². The maximum Gasteiger partial charge on any atom is 0.120 e. The monoisotopic (exact) mass is 823 g/mol. The van der Waals surface area contributed by atoms with Gasteiger partial charge in [0.25, 0.3) is 0 Å². The molecule has 245 valence electrons. The van der Waals surface area contributed by atoms with Gasteiger partial charge in [0.2, 0.25) is 0 Å². The first-order valence-electron chi connectivity index (χ1n) is 16.5. The zero-order valence-corrected chi connectivity index (χ0v) is 32.2. The van der Waals surface area contributed by atoms with Gasteiger partial charge in [-0.2, -0.15) is 0 Å². The van der Waals surface area contributed by atoms with Gasteiger partial charge in [-0.1, -0.05) is 113 Å². The molecule has 3 nitrogen and oxygen atoms in total. The summed E-state index contributed by atoms with van der Waals surface area (Å²) >= 11 is 0. The Hall–Kier alpha value is -4.15. The van der Waals surface area contributed by atoms with E-state index in [1.54, 1.807) is 0 Å². The van der Waals surface area contributed by atoms with E-state index in [1.165, 1.54) is 27.4 Å². The average molecular weight is 823 g/mol. The van der Waals surface area contributed by atoms with E-state index in [9.17, 15) is 0 Å². The summed E-state index contributed by atoms with van der Waals surface area (Å²) in [4.78, 5) is 9.23. The van der Waals surface area contributed by atoms with Crippen molar-refractivity contribution in [1.82, 2.24) is 9.97 Å². The van der Waals surface area contributed by atoms with Crippen LogP contribution in [-0.4, -0.2) is 18.0 Å². The second kappa shape index (κ2) is 14.9. The number of hydrogen-bond acceptors (Lipinski definition) is 3. The predicted molar refractivity (Wildman–Crippen MR) is 201 cm³/mol. The molecule has 4 aromatic carbocycles. The molecule has 0 fully saturated rings. The number of pyridine rings is 2. The Kier molecular flexibility index (Phi) is 10.9. The van der Waals surface area contributed by atoms with Crippen LogP contribution in [0.1, 0.15) is 50.7 Å². The summed E-state index contributed by atoms with van der Waals surface area (Å²) in [6.45, 7) is 16.0. The second-order valence-corrected chi connectivity index (χ2v) is 18.8. The van der Waals surface area contributed by atoms with Crippen LogP contribution in [0, 0.1) is 12.1 Å². The Balaban J connectivity index is 0.000000224. The van der Waals surface area contributed by atoms with Gasteiger partial charge >= 0.3 is 0 Å². The van der Waals surface area contributed by atoms with Crippen LogP contribution in [0.3, 0.4) is 0 Å². The third kappa shape index (κ3) is 7.44. The molecule has 3 aromatic heterocycles. The molecule has 7 rings (SSSR count). The van der Waals surface area contributed by atoms with Crippen LogP contribution in [-0.2, 0) is 20.1 Å². The number of furan rings is 1. The number of rotatable bonds is 6. The molecule has 7 aromatic rings. The Morgan fingerprint density at radius 2 is 1.40 bits per heavy atom. The van der Waals surface area contributed by atoms with Crippen molar-refractivity contribution in [2.45, 2.75) is 59.2 Å². The minimum atomic E-state index is -1.23. The van der Waals surface area contributed by atoms with E-state index in [2.05, 4.69) is 119 Å². The van der Waals surface area contributed by atoms with Crippen LogP contribution >= 0.6 is 0 Å². The topological polar surface area (TPSA) is 38.9 Å². The van der Waals surface area contributed by atoms with Gasteiger partial charge in [0.15, 0.2) is 0 Å². The Morgan fingerprint density at radius 1 is 0.667 bits per heavy atom. The van der Waals surface area contributed by atoms with Crippen molar-refractivity contribution in [3.05, 3.63) is 139 Å². The molecule has 0 aliphatic carbocycles. The molecule has 0 bridgehead atoms. The SMILES string of the molecule is CC(C)c1cccc(C(C)C)c1-c1ccnc(-c2[c-]ccc3c2oc2ccccc23)c1.C[Si](C)(C)c1ccc(-c2[c-]cccc2)nc1.[Ir]. The molecule has 0 spiro atoms. The van der Waals surface area contributed by atoms with Gasteiger partial charge in [-0.3, -0.25) is 0 Å². The normalized spacial score (nSPS) is 11.4. The molecule has 0 amide bonds. The van der Waals surface area contributed by atoms with Crippen molar-refractivity contribution in [3.8, 4) is 33.6 Å². The number of nitrogens with zero attached hydrogens (tertiary/aromatic N) is 2. The van der Waals surface area contributed by atoms with Gasteiger partial charge < -0.3 is 14.4 Å². The molecular formula is C43H42IrN2OSi-2. The summed E-state index contributed by atoms with van der Waals surface area (Å²) in [6.07, 6.45) is 3.92. The van der Waals surface area contributed by atoms with Crippen LogP contribution in [0.15, 0.2) is 120 Å². The van der Waals surface area contributed by atoms with Crippen LogP contribution in [0.4, 0.5) is 0 Å². The first kappa shape index (κ1) is 35.2. The third-order valence-electron chi connectivity index (χ3n) is 8.63. The first-order valence-corrected chi connectivity index (χ1v) is 20.0. The summed E-state index contributed by atoms with van der Waals surface area (Å²) in [6, 6.07) is 42.0. The van der Waals surface area contributed by atoms with Gasteiger partial charge in [-0.05, 0) is 62.8 Å². The predicted octanol–water partition coefficient (Wildman–Crippen LogP) is 11.5. The number of para-hydroxylation sites is 1. The number of benzene rings is 4. The third-order valence-corrected chi connectivity index (χ3v) is 10.7. The van der Waals surface area contributed by atoms with Gasteiger partial charge in [-0.15, -0.1) is 54.1 Å². The molecule has 0 atom stereocenters. The van der Waals surface area contributed by atoms with Crippen molar-refractivity contribution >= 4 is 35.2 Å². The molecule has 1 radical (unpaired) electrons. The minimum Gasteiger partial charge on any atom is -0.501 e. The molecular weight excluding hydrogens is 781 g/mol. The van der Waals surface area contributed by atoms with E-state index >= 15 is 0 Å². The standard InChI is InChI=1S/C29H26NO.C14H16NSi.Ir/c1-18(2)21-10-7-11-22(19(3)4)28(21)20-15-16-30-26(17-20)25-13-8-12-24-23-9-5-6-14-27(23)31-29(24)25;1-16(2,3)13-9-10-14(15-11-13)12-7-5-4-6-8-12;/h5-12,14-19H,1-4H3;4-7,9-11H,1-3H3;/q2*-1;. The van der Waals surface area contributed by atoms with Crippen LogP contribution in [0.2, 0.25) is 19.6 Å². The Morgan fingerprint density at radius 3 is 2.04 bits per heavy atom. The smallest absolute Gasteiger partial charge is 0.120 e. The van der Waals surface area contributed by atoms with E-state index in [4.69, 9.17) is 9.40 Å². The number of fused-ring (bicyclic) bond motifs is 3. The van der Waals surface area contributed by atoms with E-state index in [0.717, 1.165) is 44.5 Å². The van der Waals surface area contributed by atoms with Crippen molar-refractivity contribution in [2.75, 3.05) is 0 Å². The summed E-state index contributed by atoms with van der Waals surface area (Å²) in [5.41, 5.74) is 10.8. The van der Waals surface area contributed by atoms with Gasteiger partial charge in [0.05, 0.1) is 13.7 Å². The molecule has 0 unspecified atom stereocenters. The summed E-state index contributed by atoms with van der Waals surface area (Å²) < 4.78 is 6.24. The maximum atomic E-state index is 6.24. The van der Waals surface area contributed by atoms with Crippen LogP contribution in [0.5, 0.6) is 0 Å². The Labute approximate surface area is 299 Å². The second-order valence-electron chi connectivity index (χ2n) is 13.7. The molecule has 0 aliphatic rings. The van der Waals surface area contributed by atoms with Crippen molar-refractivity contribution in [3.63, 3.8) is 0 Å². The first-order chi connectivity index (χ1) is 22.6. The van der Waals surface area contributed by atoms with Gasteiger partial charge in [0, 0.05) is 37.9 Å². The average Bonchev–Trinajstić information content (AvgIpc) is 3.47. The summed E-state index contributed by atoms with van der Waals surface area (Å²) in [5.74, 6) is 0.881. The van der Waals surface area contributed by atoms with E-state index in [0.29, 0.717) is 11.8 Å². The molecule has 0 aliphatic heterocycles. The number of hydrogen-bond donors (Lipinski definition) is 0. The minimum absolute atomic E-state index is 0. The van der Waals surface area contributed by atoms with Crippen molar-refractivity contribution in [1.29, 1.82) is 0 Å².